The Bertz CT molecular complexity index is 987. The van der Waals surface area contributed by atoms with Crippen LogP contribution >= 0.6 is 11.8 Å². The van der Waals surface area contributed by atoms with Crippen molar-refractivity contribution in [2.24, 2.45) is 0 Å². The maximum Gasteiger partial charge on any atom is 0.339 e. The number of ether oxygens (including phenoxy) is 3. The van der Waals surface area contributed by atoms with E-state index in [0.29, 0.717) is 42.1 Å². The second-order valence-electron chi connectivity index (χ2n) is 8.09. The largest absolute Gasteiger partial charge is 0.501 e. The van der Waals surface area contributed by atoms with Crippen LogP contribution in [0.4, 0.5) is 5.69 Å². The highest BCUT2D eigenvalue weighted by atomic mass is 32.2. The standard InChI is InChI=1S/C24H30N2O6S/c1-15(27)32-20-21(16-9-11-17(30-4)12-10-16)33-22-18(24(29)31-5)7-6-8-19(22)26(23(20)28)14-13-25(2)3/h6-9,11,20-21H,10,12-14H2,1-5H3/t20-,21+/m1/s1. The minimum Gasteiger partial charge on any atom is -0.501 e. The Balaban J connectivity index is 2.16. The number of carbonyl (C=O) groups excluding carboxylic acids is 3. The third-order valence-corrected chi connectivity index (χ3v) is 7.02. The Morgan fingerprint density at radius 2 is 1.94 bits per heavy atom. The van der Waals surface area contributed by atoms with Crippen LogP contribution in [0.1, 0.15) is 30.1 Å². The fourth-order valence-corrected chi connectivity index (χ4v) is 5.33. The number of thioether (sulfide) groups is 1. The number of allylic oxidation sites excluding steroid dienone is 3. The third kappa shape index (κ3) is 5.59. The van der Waals surface area contributed by atoms with Crippen molar-refractivity contribution >= 4 is 35.3 Å². The fourth-order valence-electron chi connectivity index (χ4n) is 3.86. The first-order chi connectivity index (χ1) is 15.8. The molecule has 1 aromatic carbocycles. The molecular formula is C24H30N2O6S. The van der Waals surface area contributed by atoms with Crippen LogP contribution in [-0.2, 0) is 23.8 Å². The molecule has 8 nitrogen and oxygen atoms in total. The Morgan fingerprint density at radius 3 is 2.52 bits per heavy atom. The normalized spacial score (nSPS) is 20.4. The van der Waals surface area contributed by atoms with Crippen molar-refractivity contribution in [3.05, 3.63) is 47.2 Å². The van der Waals surface area contributed by atoms with E-state index >= 15 is 0 Å². The summed E-state index contributed by atoms with van der Waals surface area (Å²) in [5.74, 6) is -0.484. The number of fused-ring (bicyclic) bond motifs is 1. The number of likely N-dealkylation sites (N-methyl/N-ethyl adjacent to an activating group) is 1. The molecule has 0 saturated carbocycles. The molecular weight excluding hydrogens is 444 g/mol. The van der Waals surface area contributed by atoms with E-state index in [9.17, 15) is 14.4 Å². The monoisotopic (exact) mass is 474 g/mol. The van der Waals surface area contributed by atoms with Crippen LogP contribution in [0.25, 0.3) is 0 Å². The molecule has 0 bridgehead atoms. The number of anilines is 1. The number of methoxy groups -OCH3 is 2. The molecule has 0 spiro atoms. The van der Waals surface area contributed by atoms with Crippen molar-refractivity contribution in [2.75, 3.05) is 46.3 Å². The first-order valence-electron chi connectivity index (χ1n) is 10.7. The van der Waals surface area contributed by atoms with E-state index in [2.05, 4.69) is 0 Å². The van der Waals surface area contributed by atoms with Crippen molar-refractivity contribution in [2.45, 2.75) is 36.0 Å². The minimum absolute atomic E-state index is 0.312. The van der Waals surface area contributed by atoms with E-state index in [1.54, 1.807) is 24.1 Å². The Labute approximate surface area is 198 Å². The predicted molar refractivity (Wildman–Crippen MR) is 126 cm³/mol. The lowest BCUT2D eigenvalue weighted by Crippen LogP contribution is -2.47. The van der Waals surface area contributed by atoms with E-state index in [1.165, 1.54) is 25.8 Å². The maximum atomic E-state index is 13.8. The summed E-state index contributed by atoms with van der Waals surface area (Å²) in [6.45, 7) is 2.27. The molecule has 178 valence electrons. The Morgan fingerprint density at radius 1 is 1.18 bits per heavy atom. The summed E-state index contributed by atoms with van der Waals surface area (Å²) < 4.78 is 16.0. The molecule has 1 aliphatic heterocycles. The zero-order chi connectivity index (χ0) is 24.1. The van der Waals surface area contributed by atoms with Crippen LogP contribution in [0.15, 0.2) is 46.6 Å². The van der Waals surface area contributed by atoms with Gasteiger partial charge in [-0.1, -0.05) is 17.7 Å². The number of rotatable bonds is 7. The molecule has 1 heterocycles. The van der Waals surface area contributed by atoms with E-state index in [1.807, 2.05) is 37.2 Å². The summed E-state index contributed by atoms with van der Waals surface area (Å²) in [5, 5.41) is -0.495. The molecule has 2 atom stereocenters. The molecule has 0 saturated heterocycles. The van der Waals surface area contributed by atoms with Gasteiger partial charge >= 0.3 is 11.9 Å². The van der Waals surface area contributed by atoms with Gasteiger partial charge < -0.3 is 24.0 Å². The minimum atomic E-state index is -1.03. The summed E-state index contributed by atoms with van der Waals surface area (Å²) in [6, 6.07) is 5.23. The Kier molecular flexibility index (Phi) is 8.20. The number of hydrogen-bond donors (Lipinski definition) is 0. The third-order valence-electron chi connectivity index (χ3n) is 5.55. The van der Waals surface area contributed by atoms with Crippen LogP contribution in [0.2, 0.25) is 0 Å². The second-order valence-corrected chi connectivity index (χ2v) is 9.24. The van der Waals surface area contributed by atoms with Crippen LogP contribution in [0.5, 0.6) is 0 Å². The number of carbonyl (C=O) groups is 3. The van der Waals surface area contributed by atoms with Gasteiger partial charge in [-0.3, -0.25) is 9.59 Å². The lowest BCUT2D eigenvalue weighted by molar-refractivity contribution is -0.152. The van der Waals surface area contributed by atoms with E-state index < -0.39 is 23.3 Å². The molecule has 3 rings (SSSR count). The van der Waals surface area contributed by atoms with Gasteiger partial charge in [0.25, 0.3) is 5.91 Å². The zero-order valence-electron chi connectivity index (χ0n) is 19.6. The summed E-state index contributed by atoms with van der Waals surface area (Å²) in [4.78, 5) is 42.7. The van der Waals surface area contributed by atoms with Crippen LogP contribution in [0.3, 0.4) is 0 Å². The number of nitrogens with zero attached hydrogens (tertiary/aromatic N) is 2. The quantitative estimate of drug-likeness (QED) is 0.558. The van der Waals surface area contributed by atoms with Crippen LogP contribution in [-0.4, -0.2) is 75.5 Å². The van der Waals surface area contributed by atoms with Gasteiger partial charge in [0.1, 0.15) is 0 Å². The van der Waals surface area contributed by atoms with Crippen molar-refractivity contribution in [1.29, 1.82) is 0 Å². The number of esters is 2. The molecule has 9 heteroatoms. The molecule has 1 aliphatic carbocycles. The average molecular weight is 475 g/mol. The average Bonchev–Trinajstić information content (AvgIpc) is 2.91. The van der Waals surface area contributed by atoms with Gasteiger partial charge in [0.05, 0.1) is 36.5 Å². The molecule has 1 aromatic rings. The lowest BCUT2D eigenvalue weighted by atomic mass is 9.96. The summed E-state index contributed by atoms with van der Waals surface area (Å²) >= 11 is 1.36. The van der Waals surface area contributed by atoms with Crippen molar-refractivity contribution < 1.29 is 28.6 Å². The highest BCUT2D eigenvalue weighted by molar-refractivity contribution is 8.00. The Hall–Kier alpha value is -2.78. The molecule has 0 N–H and O–H groups in total. The van der Waals surface area contributed by atoms with Crippen molar-refractivity contribution in [3.8, 4) is 0 Å². The first kappa shape index (κ1) is 24.9. The second kappa shape index (κ2) is 10.9. The molecule has 2 aliphatic rings. The fraction of sp³-hybridized carbons (Fsp3) is 0.458. The number of benzene rings is 1. The summed E-state index contributed by atoms with van der Waals surface area (Å²) in [6.07, 6.45) is 4.08. The van der Waals surface area contributed by atoms with Gasteiger partial charge in [-0.05, 0) is 38.7 Å². The molecule has 0 aromatic heterocycles. The van der Waals surface area contributed by atoms with Crippen molar-refractivity contribution in [3.63, 3.8) is 0 Å². The van der Waals surface area contributed by atoms with Crippen molar-refractivity contribution in [1.82, 2.24) is 4.90 Å². The lowest BCUT2D eigenvalue weighted by Gasteiger charge is -2.29. The van der Waals surface area contributed by atoms with E-state index in [0.717, 1.165) is 11.3 Å². The van der Waals surface area contributed by atoms with E-state index in [-0.39, 0.29) is 5.91 Å². The first-order valence-corrected chi connectivity index (χ1v) is 11.6. The van der Waals surface area contributed by atoms with Gasteiger partial charge in [-0.2, -0.15) is 0 Å². The molecule has 0 fully saturated rings. The van der Waals surface area contributed by atoms with Gasteiger partial charge in [0.15, 0.2) is 6.10 Å². The number of amides is 1. The SMILES string of the molecule is COC(=O)c1cccc2c1S[C@@H](C1=CC=C(OC)CC1)[C@@H](OC(C)=O)C(=O)N2CCN(C)C. The van der Waals surface area contributed by atoms with Crippen LogP contribution in [0, 0.1) is 0 Å². The molecule has 0 unspecified atom stereocenters. The molecule has 0 radical (unpaired) electrons. The zero-order valence-corrected chi connectivity index (χ0v) is 20.4. The summed E-state index contributed by atoms with van der Waals surface area (Å²) in [7, 11) is 6.79. The van der Waals surface area contributed by atoms with Crippen LogP contribution < -0.4 is 4.90 Å². The van der Waals surface area contributed by atoms with Gasteiger partial charge in [-0.25, -0.2) is 4.79 Å². The number of hydrogen-bond acceptors (Lipinski definition) is 8. The maximum absolute atomic E-state index is 13.8. The van der Waals surface area contributed by atoms with Gasteiger partial charge in [0, 0.05) is 31.3 Å². The molecule has 1 amide bonds. The summed E-state index contributed by atoms with van der Waals surface area (Å²) in [5.41, 5.74) is 1.93. The highest BCUT2D eigenvalue weighted by Gasteiger charge is 2.43. The van der Waals surface area contributed by atoms with Gasteiger partial charge in [-0.15, -0.1) is 11.8 Å². The molecule has 33 heavy (non-hydrogen) atoms. The highest BCUT2D eigenvalue weighted by Crippen LogP contribution is 2.45. The topological polar surface area (TPSA) is 85.4 Å². The predicted octanol–water partition coefficient (Wildman–Crippen LogP) is 3.02. The smallest absolute Gasteiger partial charge is 0.339 e. The van der Waals surface area contributed by atoms with E-state index in [4.69, 9.17) is 14.2 Å². The van der Waals surface area contributed by atoms with Gasteiger partial charge in [0.2, 0.25) is 0 Å².